The molecule has 110 valence electrons. The molecule has 0 bridgehead atoms. The van der Waals surface area contributed by atoms with Gasteiger partial charge in [-0.2, -0.15) is 0 Å². The molecule has 1 atom stereocenters. The van der Waals surface area contributed by atoms with Crippen molar-refractivity contribution < 1.29 is 14.6 Å². The first kappa shape index (κ1) is 21.7. The van der Waals surface area contributed by atoms with Gasteiger partial charge in [0.25, 0.3) is 0 Å². The minimum absolute atomic E-state index is 0. The summed E-state index contributed by atoms with van der Waals surface area (Å²) < 4.78 is 4.89. The van der Waals surface area contributed by atoms with E-state index in [-0.39, 0.29) is 29.6 Å². The van der Waals surface area contributed by atoms with Crippen LogP contribution >= 0.6 is 0 Å². The Labute approximate surface area is 140 Å². The molecule has 0 aromatic rings. The van der Waals surface area contributed by atoms with E-state index in [1.807, 2.05) is 0 Å². The average Bonchev–Trinajstić information content (AvgIpc) is 2.35. The topological polar surface area (TPSA) is 46.5 Å². The quantitative estimate of drug-likeness (QED) is 0.340. The van der Waals surface area contributed by atoms with E-state index < -0.39 is 12.1 Å². The van der Waals surface area contributed by atoms with Crippen LogP contribution in [0.5, 0.6) is 0 Å². The zero-order valence-electron chi connectivity index (χ0n) is 12.1. The zero-order valence-corrected chi connectivity index (χ0v) is 12.1. The summed E-state index contributed by atoms with van der Waals surface area (Å²) in [6.45, 7) is 4.12. The zero-order chi connectivity index (χ0) is 13.6. The van der Waals surface area contributed by atoms with E-state index in [0.29, 0.717) is 6.61 Å². The molecular formula is C15H31NaO3. The van der Waals surface area contributed by atoms with E-state index in [9.17, 15) is 4.79 Å². The summed E-state index contributed by atoms with van der Waals surface area (Å²) in [6.07, 6.45) is 11.7. The summed E-state index contributed by atoms with van der Waals surface area (Å²) in [5.41, 5.74) is 0. The van der Waals surface area contributed by atoms with Gasteiger partial charge < -0.3 is 9.84 Å². The third kappa shape index (κ3) is 16.4. The van der Waals surface area contributed by atoms with Crippen LogP contribution < -0.4 is 0 Å². The van der Waals surface area contributed by atoms with Gasteiger partial charge in [0.2, 0.25) is 0 Å². The molecule has 19 heavy (non-hydrogen) atoms. The summed E-state index contributed by atoms with van der Waals surface area (Å²) in [4.78, 5) is 10.9. The number of unbranched alkanes of at least 4 members (excludes halogenated alkanes) is 9. The first-order valence-electron chi connectivity index (χ1n) is 7.53. The summed E-state index contributed by atoms with van der Waals surface area (Å²) in [5, 5.41) is 8.91. The number of hydrogen-bond donors (Lipinski definition) is 1. The summed E-state index contributed by atoms with van der Waals surface area (Å²) in [6, 6.07) is 0. The third-order valence-electron chi connectivity index (χ3n) is 3.08. The summed E-state index contributed by atoms with van der Waals surface area (Å²) in [5.74, 6) is -0.508. The normalized spacial score (nSPS) is 11.7. The van der Waals surface area contributed by atoms with Gasteiger partial charge in [-0.15, -0.1) is 0 Å². The number of carbonyl (C=O) groups excluding carboxylic acids is 1. The van der Waals surface area contributed by atoms with Crippen LogP contribution in [0.2, 0.25) is 0 Å². The van der Waals surface area contributed by atoms with Gasteiger partial charge in [0, 0.05) is 0 Å². The molecule has 1 unspecified atom stereocenters. The minimum atomic E-state index is -0.992. The Morgan fingerprint density at radius 3 is 1.79 bits per heavy atom. The SMILES string of the molecule is CCCCCCCCCCCCOC(=O)C(C)O.[NaH]. The van der Waals surface area contributed by atoms with Crippen molar-refractivity contribution in [3.05, 3.63) is 0 Å². The van der Waals surface area contributed by atoms with Crippen LogP contribution in [0, 0.1) is 0 Å². The Kier molecular flexibility index (Phi) is 18.8. The number of hydrogen-bond acceptors (Lipinski definition) is 3. The van der Waals surface area contributed by atoms with Crippen LogP contribution in [0.4, 0.5) is 0 Å². The molecule has 0 aromatic heterocycles. The van der Waals surface area contributed by atoms with Crippen LogP contribution in [0.15, 0.2) is 0 Å². The fraction of sp³-hybridized carbons (Fsp3) is 0.933. The maximum absolute atomic E-state index is 10.9. The van der Waals surface area contributed by atoms with Gasteiger partial charge in [0.15, 0.2) is 0 Å². The Morgan fingerprint density at radius 1 is 0.947 bits per heavy atom. The van der Waals surface area contributed by atoms with E-state index in [4.69, 9.17) is 9.84 Å². The fourth-order valence-electron chi connectivity index (χ4n) is 1.88. The monoisotopic (exact) mass is 282 g/mol. The molecule has 0 heterocycles. The molecule has 0 spiro atoms. The van der Waals surface area contributed by atoms with E-state index in [1.165, 1.54) is 58.3 Å². The molecule has 0 amide bonds. The van der Waals surface area contributed by atoms with Crippen molar-refractivity contribution in [2.75, 3.05) is 6.61 Å². The first-order valence-corrected chi connectivity index (χ1v) is 7.53. The van der Waals surface area contributed by atoms with Crippen molar-refractivity contribution in [3.63, 3.8) is 0 Å². The molecule has 0 aliphatic carbocycles. The van der Waals surface area contributed by atoms with Gasteiger partial charge in [-0.25, -0.2) is 4.79 Å². The second-order valence-corrected chi connectivity index (χ2v) is 5.03. The second kappa shape index (κ2) is 16.5. The molecule has 0 aromatic carbocycles. The standard InChI is InChI=1S/C15H30O3.Na.H/c1-3-4-5-6-7-8-9-10-11-12-13-18-15(17)14(2)16;;/h14,16H,3-13H2,1-2H3;;. The molecule has 0 saturated carbocycles. The molecule has 0 rings (SSSR count). The molecule has 0 radical (unpaired) electrons. The number of esters is 1. The molecule has 0 fully saturated rings. The third-order valence-corrected chi connectivity index (χ3v) is 3.08. The predicted octanol–water partition coefficient (Wildman–Crippen LogP) is 3.18. The van der Waals surface area contributed by atoms with Crippen LogP contribution in [0.1, 0.15) is 78.1 Å². The molecule has 1 N–H and O–H groups in total. The van der Waals surface area contributed by atoms with Crippen molar-refractivity contribution in [1.82, 2.24) is 0 Å². The van der Waals surface area contributed by atoms with E-state index in [2.05, 4.69) is 6.92 Å². The van der Waals surface area contributed by atoms with Crippen molar-refractivity contribution >= 4 is 35.5 Å². The van der Waals surface area contributed by atoms with Crippen LogP contribution in [-0.2, 0) is 9.53 Å². The molecular weight excluding hydrogens is 251 g/mol. The van der Waals surface area contributed by atoms with Crippen LogP contribution in [0.25, 0.3) is 0 Å². The van der Waals surface area contributed by atoms with Crippen molar-refractivity contribution in [1.29, 1.82) is 0 Å². The van der Waals surface area contributed by atoms with Gasteiger partial charge in [-0.1, -0.05) is 64.7 Å². The number of aliphatic hydroxyl groups excluding tert-OH is 1. The summed E-state index contributed by atoms with van der Waals surface area (Å²) >= 11 is 0. The van der Waals surface area contributed by atoms with Crippen LogP contribution in [0.3, 0.4) is 0 Å². The van der Waals surface area contributed by atoms with Gasteiger partial charge in [0.1, 0.15) is 6.10 Å². The van der Waals surface area contributed by atoms with E-state index in [1.54, 1.807) is 0 Å². The van der Waals surface area contributed by atoms with Crippen molar-refractivity contribution in [2.24, 2.45) is 0 Å². The Hall–Kier alpha value is 0.430. The fourth-order valence-corrected chi connectivity index (χ4v) is 1.88. The maximum atomic E-state index is 10.9. The Bertz CT molecular complexity index is 196. The molecule has 0 aliphatic rings. The Balaban J connectivity index is 0. The number of ether oxygens (including phenoxy) is 1. The van der Waals surface area contributed by atoms with Crippen LogP contribution in [-0.4, -0.2) is 53.3 Å². The first-order chi connectivity index (χ1) is 8.68. The summed E-state index contributed by atoms with van der Waals surface area (Å²) in [7, 11) is 0. The van der Waals surface area contributed by atoms with Gasteiger partial charge in [-0.3, -0.25) is 0 Å². The molecule has 4 heteroatoms. The average molecular weight is 282 g/mol. The number of rotatable bonds is 12. The van der Waals surface area contributed by atoms with Crippen molar-refractivity contribution in [3.8, 4) is 0 Å². The van der Waals surface area contributed by atoms with Gasteiger partial charge >= 0.3 is 35.5 Å². The van der Waals surface area contributed by atoms with Gasteiger partial charge in [0.05, 0.1) is 6.61 Å². The molecule has 3 nitrogen and oxygen atoms in total. The van der Waals surface area contributed by atoms with E-state index >= 15 is 0 Å². The predicted molar refractivity (Wildman–Crippen MR) is 81.6 cm³/mol. The van der Waals surface area contributed by atoms with Gasteiger partial charge in [-0.05, 0) is 13.3 Å². The Morgan fingerprint density at radius 2 is 1.37 bits per heavy atom. The second-order valence-electron chi connectivity index (χ2n) is 5.03. The van der Waals surface area contributed by atoms with Crippen molar-refractivity contribution in [2.45, 2.75) is 84.2 Å². The number of carbonyl (C=O) groups is 1. The molecule has 0 aliphatic heterocycles. The van der Waals surface area contributed by atoms with E-state index in [0.717, 1.165) is 12.8 Å². The molecule has 0 saturated heterocycles. The number of aliphatic hydroxyl groups is 1.